The number of rotatable bonds is 9. The maximum absolute atomic E-state index is 13.0. The van der Waals surface area contributed by atoms with Crippen molar-refractivity contribution in [2.75, 3.05) is 11.9 Å². The first-order valence-corrected chi connectivity index (χ1v) is 9.15. The number of carboxylic acid groups (broad SMARTS) is 1. The summed E-state index contributed by atoms with van der Waals surface area (Å²) in [6, 6.07) is 22.3. The molecule has 0 heterocycles. The fourth-order valence-electron chi connectivity index (χ4n) is 2.70. The summed E-state index contributed by atoms with van der Waals surface area (Å²) in [5.74, 6) is -0.0462. The first-order chi connectivity index (χ1) is 14.1. The minimum Gasteiger partial charge on any atom is -0.478 e. The van der Waals surface area contributed by atoms with Crippen LogP contribution >= 0.6 is 0 Å². The highest BCUT2D eigenvalue weighted by atomic mass is 16.5. The Morgan fingerprint density at radius 3 is 2.24 bits per heavy atom. The van der Waals surface area contributed by atoms with Crippen LogP contribution in [0.5, 0.6) is 11.5 Å². The summed E-state index contributed by atoms with van der Waals surface area (Å²) >= 11 is 0. The summed E-state index contributed by atoms with van der Waals surface area (Å²) in [5, 5.41) is 12.0. The number of carboxylic acids is 1. The number of carbonyl (C=O) groups is 2. The van der Waals surface area contributed by atoms with Crippen molar-refractivity contribution < 1.29 is 24.2 Å². The van der Waals surface area contributed by atoms with E-state index < -0.39 is 12.2 Å². The largest absolute Gasteiger partial charge is 0.478 e. The molecule has 148 valence electrons. The number of ketones is 1. The molecule has 0 aliphatic rings. The lowest BCUT2D eigenvalue weighted by atomic mass is 10.1. The van der Waals surface area contributed by atoms with Crippen LogP contribution in [-0.2, 0) is 4.74 Å². The maximum Gasteiger partial charge on any atom is 0.335 e. The van der Waals surface area contributed by atoms with Gasteiger partial charge in [-0.05, 0) is 55.5 Å². The van der Waals surface area contributed by atoms with Gasteiger partial charge in [0.25, 0.3) is 0 Å². The van der Waals surface area contributed by atoms with Crippen molar-refractivity contribution >= 4 is 17.4 Å². The SMILES string of the molecule is CCOC(Nc1ccc(C(=O)O)cc1)C(=O)c1cccc(Oc2ccccc2)c1. The van der Waals surface area contributed by atoms with Gasteiger partial charge < -0.3 is 19.9 Å². The van der Waals surface area contributed by atoms with E-state index in [-0.39, 0.29) is 11.3 Å². The molecule has 0 amide bonds. The Bertz CT molecular complexity index is 970. The summed E-state index contributed by atoms with van der Waals surface area (Å²) in [4.78, 5) is 24.0. The van der Waals surface area contributed by atoms with E-state index >= 15 is 0 Å². The van der Waals surface area contributed by atoms with Gasteiger partial charge in [-0.1, -0.05) is 30.3 Å². The van der Waals surface area contributed by atoms with Crippen LogP contribution in [-0.4, -0.2) is 29.7 Å². The molecule has 0 spiro atoms. The number of para-hydroxylation sites is 1. The average Bonchev–Trinajstić information content (AvgIpc) is 2.74. The van der Waals surface area contributed by atoms with Gasteiger partial charge in [0, 0.05) is 17.9 Å². The van der Waals surface area contributed by atoms with Gasteiger partial charge in [0.05, 0.1) is 5.56 Å². The Kier molecular flexibility index (Phi) is 6.60. The van der Waals surface area contributed by atoms with E-state index in [4.69, 9.17) is 14.6 Å². The van der Waals surface area contributed by atoms with E-state index in [1.165, 1.54) is 12.1 Å². The number of nitrogens with one attached hydrogen (secondary N) is 1. The molecule has 6 heteroatoms. The Morgan fingerprint density at radius 2 is 1.59 bits per heavy atom. The van der Waals surface area contributed by atoms with Gasteiger partial charge in [0.2, 0.25) is 5.78 Å². The molecule has 0 bridgehead atoms. The molecule has 0 radical (unpaired) electrons. The molecule has 1 unspecified atom stereocenters. The van der Waals surface area contributed by atoms with Crippen molar-refractivity contribution in [2.24, 2.45) is 0 Å². The zero-order valence-electron chi connectivity index (χ0n) is 15.9. The molecule has 2 N–H and O–H groups in total. The second-order valence-corrected chi connectivity index (χ2v) is 6.17. The molecule has 0 aliphatic heterocycles. The first-order valence-electron chi connectivity index (χ1n) is 9.15. The third kappa shape index (κ3) is 5.43. The number of Topliss-reactive ketones (excluding diaryl/α,β-unsaturated/α-hetero) is 1. The van der Waals surface area contributed by atoms with Crippen LogP contribution < -0.4 is 10.1 Å². The fourth-order valence-corrected chi connectivity index (χ4v) is 2.70. The smallest absolute Gasteiger partial charge is 0.335 e. The van der Waals surface area contributed by atoms with Crippen molar-refractivity contribution in [1.29, 1.82) is 0 Å². The number of anilines is 1. The molecule has 0 saturated carbocycles. The highest BCUT2D eigenvalue weighted by Crippen LogP contribution is 2.23. The van der Waals surface area contributed by atoms with Gasteiger partial charge in [0.15, 0.2) is 6.23 Å². The van der Waals surface area contributed by atoms with Crippen LogP contribution in [0.2, 0.25) is 0 Å². The molecular weight excluding hydrogens is 370 g/mol. The van der Waals surface area contributed by atoms with Crippen LogP contribution in [0.3, 0.4) is 0 Å². The van der Waals surface area contributed by atoms with Crippen LogP contribution in [0, 0.1) is 0 Å². The first kappa shape index (κ1) is 20.1. The van der Waals surface area contributed by atoms with Gasteiger partial charge in [-0.3, -0.25) is 4.79 Å². The molecule has 3 rings (SSSR count). The van der Waals surface area contributed by atoms with E-state index in [1.807, 2.05) is 30.3 Å². The molecule has 6 nitrogen and oxygen atoms in total. The Balaban J connectivity index is 1.76. The molecule has 0 aromatic heterocycles. The summed E-state index contributed by atoms with van der Waals surface area (Å²) < 4.78 is 11.4. The Morgan fingerprint density at radius 1 is 0.897 bits per heavy atom. The monoisotopic (exact) mass is 391 g/mol. The van der Waals surface area contributed by atoms with E-state index in [2.05, 4.69) is 5.32 Å². The third-order valence-electron chi connectivity index (χ3n) is 4.10. The maximum atomic E-state index is 13.0. The predicted molar refractivity (Wildman–Crippen MR) is 110 cm³/mol. The number of hydrogen-bond donors (Lipinski definition) is 2. The quantitative estimate of drug-likeness (QED) is 0.401. The summed E-state index contributed by atoms with van der Waals surface area (Å²) in [6.45, 7) is 2.13. The van der Waals surface area contributed by atoms with Crippen molar-refractivity contribution in [3.8, 4) is 11.5 Å². The van der Waals surface area contributed by atoms with Crippen molar-refractivity contribution in [3.05, 3.63) is 90.0 Å². The zero-order chi connectivity index (χ0) is 20.6. The minimum atomic E-state index is -1.01. The lowest BCUT2D eigenvalue weighted by Crippen LogP contribution is -2.32. The second-order valence-electron chi connectivity index (χ2n) is 6.17. The van der Waals surface area contributed by atoms with E-state index in [9.17, 15) is 9.59 Å². The van der Waals surface area contributed by atoms with Crippen LogP contribution in [0.4, 0.5) is 5.69 Å². The standard InChI is InChI=1S/C23H21NO5/c1-2-28-22(24-18-13-11-16(12-14-18)23(26)27)21(25)17-7-6-10-20(15-17)29-19-8-4-3-5-9-19/h3-15,22,24H,2H2,1H3,(H,26,27). The normalized spacial score (nSPS) is 11.5. The molecule has 29 heavy (non-hydrogen) atoms. The highest BCUT2D eigenvalue weighted by molar-refractivity contribution is 6.01. The molecule has 0 aliphatic carbocycles. The van der Waals surface area contributed by atoms with E-state index in [0.29, 0.717) is 29.4 Å². The number of aromatic carboxylic acids is 1. The topological polar surface area (TPSA) is 84.9 Å². The van der Waals surface area contributed by atoms with Crippen LogP contribution in [0.25, 0.3) is 0 Å². The zero-order valence-corrected chi connectivity index (χ0v) is 15.9. The second kappa shape index (κ2) is 9.52. The predicted octanol–water partition coefficient (Wildman–Crippen LogP) is 4.83. The van der Waals surface area contributed by atoms with Gasteiger partial charge in [-0.2, -0.15) is 0 Å². The van der Waals surface area contributed by atoms with Crippen LogP contribution in [0.1, 0.15) is 27.6 Å². The molecule has 3 aromatic rings. The summed E-state index contributed by atoms with van der Waals surface area (Å²) in [7, 11) is 0. The fraction of sp³-hybridized carbons (Fsp3) is 0.130. The van der Waals surface area contributed by atoms with Gasteiger partial charge in [0.1, 0.15) is 11.5 Å². The average molecular weight is 391 g/mol. The molecule has 1 atom stereocenters. The van der Waals surface area contributed by atoms with E-state index in [1.54, 1.807) is 43.3 Å². The Labute approximate surface area is 168 Å². The lowest BCUT2D eigenvalue weighted by molar-refractivity contribution is 0.0549. The third-order valence-corrected chi connectivity index (χ3v) is 4.10. The number of benzene rings is 3. The number of carbonyl (C=O) groups excluding carboxylic acids is 1. The molecule has 0 fully saturated rings. The summed E-state index contributed by atoms with van der Waals surface area (Å²) in [6.07, 6.45) is -0.914. The number of hydrogen-bond acceptors (Lipinski definition) is 5. The molecule has 3 aromatic carbocycles. The highest BCUT2D eigenvalue weighted by Gasteiger charge is 2.21. The van der Waals surface area contributed by atoms with Gasteiger partial charge in [-0.25, -0.2) is 4.79 Å². The van der Waals surface area contributed by atoms with Crippen molar-refractivity contribution in [2.45, 2.75) is 13.2 Å². The van der Waals surface area contributed by atoms with Crippen molar-refractivity contribution in [1.82, 2.24) is 0 Å². The van der Waals surface area contributed by atoms with Gasteiger partial charge in [-0.15, -0.1) is 0 Å². The minimum absolute atomic E-state index is 0.167. The summed E-state index contributed by atoms with van der Waals surface area (Å²) in [5.41, 5.74) is 1.19. The molecular formula is C23H21NO5. The van der Waals surface area contributed by atoms with Crippen molar-refractivity contribution in [3.63, 3.8) is 0 Å². The van der Waals surface area contributed by atoms with Gasteiger partial charge >= 0.3 is 5.97 Å². The van der Waals surface area contributed by atoms with E-state index in [0.717, 1.165) is 0 Å². The Hall–Kier alpha value is -3.64. The number of ether oxygens (including phenoxy) is 2. The van der Waals surface area contributed by atoms with Crippen LogP contribution in [0.15, 0.2) is 78.9 Å². The molecule has 0 saturated heterocycles. The lowest BCUT2D eigenvalue weighted by Gasteiger charge is -2.19.